The van der Waals surface area contributed by atoms with Crippen molar-refractivity contribution in [2.45, 2.75) is 57.3 Å². The van der Waals surface area contributed by atoms with Crippen LogP contribution in [0.3, 0.4) is 0 Å². The Morgan fingerprint density at radius 1 is 1.23 bits per heavy atom. The van der Waals surface area contributed by atoms with E-state index in [4.69, 9.17) is 21.1 Å². The minimum absolute atomic E-state index is 0.00724. The molecule has 3 heterocycles. The number of esters is 1. The first-order valence-electron chi connectivity index (χ1n) is 12.0. The maximum atomic E-state index is 13.0. The Morgan fingerprint density at radius 3 is 2.81 bits per heavy atom. The molecule has 7 unspecified atom stereocenters. The Balaban J connectivity index is 1.14. The van der Waals surface area contributed by atoms with Gasteiger partial charge in [-0.15, -0.1) is 0 Å². The number of anilines is 1. The predicted molar refractivity (Wildman–Crippen MR) is 120 cm³/mol. The minimum Gasteiger partial charge on any atom is -0.462 e. The van der Waals surface area contributed by atoms with Gasteiger partial charge in [0.25, 0.3) is 0 Å². The Morgan fingerprint density at radius 2 is 2.03 bits per heavy atom. The first kappa shape index (κ1) is 20.3. The molecule has 3 aliphatic heterocycles. The topological polar surface area (TPSA) is 45.3 Å². The largest absolute Gasteiger partial charge is 0.462 e. The van der Waals surface area contributed by atoms with Gasteiger partial charge in [0, 0.05) is 54.8 Å². The van der Waals surface area contributed by atoms with Gasteiger partial charge in [-0.25, -0.2) is 0 Å². The zero-order chi connectivity index (χ0) is 21.4. The van der Waals surface area contributed by atoms with Crippen molar-refractivity contribution in [3.05, 3.63) is 29.3 Å². The lowest BCUT2D eigenvalue weighted by atomic mass is 9.53. The number of carbonyl (C=O) groups excluding carboxylic acids is 1. The number of piperazine rings is 1. The van der Waals surface area contributed by atoms with Crippen molar-refractivity contribution < 1.29 is 14.3 Å². The summed E-state index contributed by atoms with van der Waals surface area (Å²) in [6.45, 7) is 9.36. The van der Waals surface area contributed by atoms with Gasteiger partial charge in [0.05, 0.1) is 12.0 Å². The fourth-order valence-electron chi connectivity index (χ4n) is 7.58. The van der Waals surface area contributed by atoms with Crippen LogP contribution in [0.1, 0.15) is 39.5 Å². The molecule has 2 aliphatic carbocycles. The molecule has 7 atom stereocenters. The van der Waals surface area contributed by atoms with Gasteiger partial charge in [-0.3, -0.25) is 9.69 Å². The van der Waals surface area contributed by atoms with Crippen LogP contribution >= 0.6 is 11.6 Å². The molecule has 5 nitrogen and oxygen atoms in total. The SMILES string of the molecule is CC1CCCC2(C)CC3OC(=O)C(CN4CCN(c5cccc(Cl)c5)CC4)C3C3OC132. The molecular formula is C25H33ClN2O3. The third-order valence-corrected chi connectivity index (χ3v) is 9.43. The highest BCUT2D eigenvalue weighted by atomic mass is 35.5. The van der Waals surface area contributed by atoms with Crippen LogP contribution in [-0.4, -0.2) is 61.4 Å². The number of ether oxygens (including phenoxy) is 2. The summed E-state index contributed by atoms with van der Waals surface area (Å²) in [6.07, 6.45) is 4.93. The molecule has 2 saturated carbocycles. The molecule has 0 radical (unpaired) electrons. The zero-order valence-corrected chi connectivity index (χ0v) is 19.3. The molecular weight excluding hydrogens is 412 g/mol. The predicted octanol–water partition coefficient (Wildman–Crippen LogP) is 3.99. The summed E-state index contributed by atoms with van der Waals surface area (Å²) in [7, 11) is 0. The van der Waals surface area contributed by atoms with E-state index in [-0.39, 0.29) is 41.0 Å². The average molecular weight is 445 g/mol. The van der Waals surface area contributed by atoms with E-state index in [0.29, 0.717) is 5.92 Å². The summed E-state index contributed by atoms with van der Waals surface area (Å²) in [5.74, 6) is 0.764. The van der Waals surface area contributed by atoms with Crippen molar-refractivity contribution >= 4 is 23.3 Å². The standard InChI is InChI=1S/C25H33ClN2O3/c1-16-5-4-8-24(2)14-20-21(22-25(16,24)31-22)19(23(29)30-20)15-27-9-11-28(12-10-27)18-7-3-6-17(26)13-18/h3,6-7,13,16,19-22H,4-5,8-12,14-15H2,1-2H3. The van der Waals surface area contributed by atoms with Crippen molar-refractivity contribution in [3.63, 3.8) is 0 Å². The molecule has 1 aromatic rings. The maximum absolute atomic E-state index is 13.0. The van der Waals surface area contributed by atoms with Crippen molar-refractivity contribution in [3.8, 4) is 0 Å². The summed E-state index contributed by atoms with van der Waals surface area (Å²) in [4.78, 5) is 17.8. The quantitative estimate of drug-likeness (QED) is 0.521. The Bertz CT molecular complexity index is 887. The third-order valence-electron chi connectivity index (χ3n) is 9.19. The second kappa shape index (κ2) is 7.10. The Labute approximate surface area is 190 Å². The van der Waals surface area contributed by atoms with Crippen molar-refractivity contribution in [1.29, 1.82) is 0 Å². The van der Waals surface area contributed by atoms with E-state index in [1.807, 2.05) is 18.2 Å². The number of hydrogen-bond acceptors (Lipinski definition) is 5. The highest BCUT2D eigenvalue weighted by Crippen LogP contribution is 2.70. The number of nitrogens with zero attached hydrogens (tertiary/aromatic N) is 2. The number of halogens is 1. The number of hydrogen-bond donors (Lipinski definition) is 0. The van der Waals surface area contributed by atoms with E-state index in [2.05, 4.69) is 29.7 Å². The number of epoxide rings is 1. The van der Waals surface area contributed by atoms with Gasteiger partial charge in [-0.1, -0.05) is 37.9 Å². The van der Waals surface area contributed by atoms with Crippen LogP contribution in [0.5, 0.6) is 0 Å². The average Bonchev–Trinajstić information content (AvgIpc) is 3.43. The van der Waals surface area contributed by atoms with Gasteiger partial charge >= 0.3 is 5.97 Å². The van der Waals surface area contributed by atoms with Gasteiger partial charge in [-0.2, -0.15) is 0 Å². The van der Waals surface area contributed by atoms with Gasteiger partial charge in [0.2, 0.25) is 0 Å². The second-order valence-electron chi connectivity index (χ2n) is 10.8. The van der Waals surface area contributed by atoms with E-state index in [0.717, 1.165) is 44.2 Å². The summed E-state index contributed by atoms with van der Waals surface area (Å²) in [6, 6.07) is 8.07. The molecule has 1 spiro atoms. The highest BCUT2D eigenvalue weighted by molar-refractivity contribution is 6.30. The van der Waals surface area contributed by atoms with Gasteiger partial charge in [-0.05, 0) is 43.4 Å². The van der Waals surface area contributed by atoms with Crippen LogP contribution in [0.2, 0.25) is 5.02 Å². The van der Waals surface area contributed by atoms with Crippen LogP contribution in [-0.2, 0) is 14.3 Å². The van der Waals surface area contributed by atoms with Gasteiger partial charge < -0.3 is 14.4 Å². The molecule has 5 aliphatic rings. The number of carbonyl (C=O) groups is 1. The van der Waals surface area contributed by atoms with Crippen molar-refractivity contribution in [1.82, 2.24) is 4.90 Å². The molecule has 1 aromatic carbocycles. The first-order chi connectivity index (χ1) is 14.9. The third kappa shape index (κ3) is 2.99. The van der Waals surface area contributed by atoms with Crippen molar-refractivity contribution in [2.75, 3.05) is 37.6 Å². The number of fused-ring (bicyclic) bond motifs is 2. The Kier molecular flexibility index (Phi) is 4.65. The summed E-state index contributed by atoms with van der Waals surface area (Å²) in [5.41, 5.74) is 1.33. The van der Waals surface area contributed by atoms with Crippen LogP contribution in [0.25, 0.3) is 0 Å². The summed E-state index contributed by atoms with van der Waals surface area (Å²) >= 11 is 6.17. The van der Waals surface area contributed by atoms with Crippen LogP contribution in [0.4, 0.5) is 5.69 Å². The fraction of sp³-hybridized carbons (Fsp3) is 0.720. The molecule has 0 amide bonds. The van der Waals surface area contributed by atoms with Crippen LogP contribution < -0.4 is 4.90 Å². The van der Waals surface area contributed by atoms with Gasteiger partial charge in [0.1, 0.15) is 11.7 Å². The van der Waals surface area contributed by atoms with Crippen LogP contribution in [0, 0.1) is 23.2 Å². The molecule has 3 saturated heterocycles. The Hall–Kier alpha value is -1.30. The van der Waals surface area contributed by atoms with E-state index in [9.17, 15) is 4.79 Å². The molecule has 0 bridgehead atoms. The van der Waals surface area contributed by atoms with Crippen molar-refractivity contribution in [2.24, 2.45) is 23.2 Å². The summed E-state index contributed by atoms with van der Waals surface area (Å²) in [5, 5.41) is 0.777. The molecule has 168 valence electrons. The molecule has 6 heteroatoms. The number of rotatable bonds is 3. The lowest BCUT2D eigenvalue weighted by Crippen LogP contribution is -2.55. The van der Waals surface area contributed by atoms with E-state index >= 15 is 0 Å². The van der Waals surface area contributed by atoms with E-state index in [1.165, 1.54) is 24.9 Å². The first-order valence-corrected chi connectivity index (χ1v) is 12.4. The smallest absolute Gasteiger partial charge is 0.311 e. The van der Waals surface area contributed by atoms with E-state index in [1.54, 1.807) is 0 Å². The van der Waals surface area contributed by atoms with Gasteiger partial charge in [0.15, 0.2) is 0 Å². The normalized spacial score (nSPS) is 44.3. The summed E-state index contributed by atoms with van der Waals surface area (Å²) < 4.78 is 12.6. The second-order valence-corrected chi connectivity index (χ2v) is 11.3. The van der Waals surface area contributed by atoms with Crippen LogP contribution in [0.15, 0.2) is 24.3 Å². The molecule has 0 N–H and O–H groups in total. The highest BCUT2D eigenvalue weighted by Gasteiger charge is 2.78. The molecule has 5 fully saturated rings. The molecule has 6 rings (SSSR count). The zero-order valence-electron chi connectivity index (χ0n) is 18.6. The minimum atomic E-state index is -0.0502. The van der Waals surface area contributed by atoms with E-state index < -0.39 is 0 Å². The maximum Gasteiger partial charge on any atom is 0.311 e. The molecule has 0 aromatic heterocycles. The fourth-order valence-corrected chi connectivity index (χ4v) is 7.77. The number of benzene rings is 1. The lowest BCUT2D eigenvalue weighted by Gasteiger charge is -2.49. The monoisotopic (exact) mass is 444 g/mol. The molecule has 31 heavy (non-hydrogen) atoms. The lowest BCUT2D eigenvalue weighted by molar-refractivity contribution is -0.146.